The molecule has 1 saturated heterocycles. The number of anilines is 1. The number of fused-ring (bicyclic) bond motifs is 1. The van der Waals surface area contributed by atoms with E-state index in [1.807, 2.05) is 24.0 Å². The summed E-state index contributed by atoms with van der Waals surface area (Å²) in [5, 5.41) is 4.70. The van der Waals surface area contributed by atoms with Crippen LogP contribution in [0.1, 0.15) is 29.0 Å². The van der Waals surface area contributed by atoms with Crippen LogP contribution in [0, 0.1) is 6.92 Å². The number of pyridine rings is 1. The van der Waals surface area contributed by atoms with Crippen LogP contribution in [0.25, 0.3) is 10.9 Å². The lowest BCUT2D eigenvalue weighted by Crippen LogP contribution is -2.42. The Morgan fingerprint density at radius 3 is 2.79 bits per heavy atom. The summed E-state index contributed by atoms with van der Waals surface area (Å²) in [7, 11) is 1.66. The first-order chi connectivity index (χ1) is 13.7. The highest BCUT2D eigenvalue weighted by Crippen LogP contribution is 2.31. The number of ether oxygens (including phenoxy) is 1. The molecule has 1 N–H and O–H groups in total. The minimum Gasteiger partial charge on any atom is -0.494 e. The van der Waals surface area contributed by atoms with E-state index in [1.165, 1.54) is 6.20 Å². The molecule has 1 aliphatic heterocycles. The molecular weight excluding hydrogens is 354 g/mol. The van der Waals surface area contributed by atoms with Crippen LogP contribution in [0.15, 0.2) is 42.9 Å². The lowest BCUT2D eigenvalue weighted by Gasteiger charge is -2.33. The van der Waals surface area contributed by atoms with Gasteiger partial charge in [-0.3, -0.25) is 9.78 Å². The van der Waals surface area contributed by atoms with Crippen molar-refractivity contribution in [2.75, 3.05) is 25.5 Å². The number of aromatic nitrogens is 3. The molecule has 7 heteroatoms. The van der Waals surface area contributed by atoms with Crippen molar-refractivity contribution in [3.05, 3.63) is 54.2 Å². The largest absolute Gasteiger partial charge is 0.494 e. The number of nitrogens with zero attached hydrogens (tertiary/aromatic N) is 4. The average Bonchev–Trinajstić information content (AvgIpc) is 2.74. The van der Waals surface area contributed by atoms with Crippen molar-refractivity contribution in [2.45, 2.75) is 25.8 Å². The van der Waals surface area contributed by atoms with E-state index in [1.54, 1.807) is 19.5 Å². The molecule has 0 atom stereocenters. The lowest BCUT2D eigenvalue weighted by atomic mass is 10.0. The summed E-state index contributed by atoms with van der Waals surface area (Å²) >= 11 is 0. The number of amides is 1. The Morgan fingerprint density at radius 2 is 2.07 bits per heavy atom. The summed E-state index contributed by atoms with van der Waals surface area (Å²) in [6.07, 6.45) is 6.39. The Kier molecular flexibility index (Phi) is 5.06. The van der Waals surface area contributed by atoms with Crippen molar-refractivity contribution in [2.24, 2.45) is 0 Å². The molecule has 0 unspecified atom stereocenters. The van der Waals surface area contributed by atoms with Gasteiger partial charge in [0.05, 0.1) is 13.3 Å². The van der Waals surface area contributed by atoms with Crippen molar-refractivity contribution < 1.29 is 9.53 Å². The standard InChI is InChI=1S/C21H23N5O2/c1-14-12-17(16-4-3-5-19(28-2)20(16)24-14)25-15-6-10-26(11-7-15)21(27)18-13-22-8-9-23-18/h3-5,8-9,12-13,15H,6-7,10-11H2,1-2H3,(H,24,25). The van der Waals surface area contributed by atoms with Gasteiger partial charge in [0, 0.05) is 48.3 Å². The molecule has 0 saturated carbocycles. The number of hydrogen-bond donors (Lipinski definition) is 1. The fraction of sp³-hybridized carbons (Fsp3) is 0.333. The monoisotopic (exact) mass is 377 g/mol. The van der Waals surface area contributed by atoms with E-state index in [4.69, 9.17) is 4.74 Å². The third kappa shape index (κ3) is 3.60. The first-order valence-corrected chi connectivity index (χ1v) is 9.42. The molecule has 28 heavy (non-hydrogen) atoms. The molecule has 1 amide bonds. The van der Waals surface area contributed by atoms with Gasteiger partial charge in [0.2, 0.25) is 0 Å². The highest BCUT2D eigenvalue weighted by molar-refractivity contribution is 5.95. The van der Waals surface area contributed by atoms with Crippen molar-refractivity contribution >= 4 is 22.5 Å². The number of rotatable bonds is 4. The molecule has 0 bridgehead atoms. The van der Waals surface area contributed by atoms with Gasteiger partial charge in [0.1, 0.15) is 17.0 Å². The van der Waals surface area contributed by atoms with Gasteiger partial charge in [-0.25, -0.2) is 9.97 Å². The molecule has 3 aromatic rings. The molecule has 1 aliphatic rings. The summed E-state index contributed by atoms with van der Waals surface area (Å²) in [6.45, 7) is 3.37. The maximum absolute atomic E-state index is 12.5. The van der Waals surface area contributed by atoms with E-state index < -0.39 is 0 Å². The minimum atomic E-state index is -0.0542. The molecule has 4 rings (SSSR count). The number of nitrogens with one attached hydrogen (secondary N) is 1. The number of likely N-dealkylation sites (tertiary alicyclic amines) is 1. The number of carbonyl (C=O) groups is 1. The Bertz CT molecular complexity index is 985. The number of para-hydroxylation sites is 1. The molecule has 0 aliphatic carbocycles. The Morgan fingerprint density at radius 1 is 1.25 bits per heavy atom. The number of aryl methyl sites for hydroxylation is 1. The number of benzene rings is 1. The Balaban J connectivity index is 1.47. The fourth-order valence-electron chi connectivity index (χ4n) is 3.65. The zero-order valence-corrected chi connectivity index (χ0v) is 16.1. The van der Waals surface area contributed by atoms with Gasteiger partial charge in [0.15, 0.2) is 0 Å². The van der Waals surface area contributed by atoms with Crippen LogP contribution < -0.4 is 10.1 Å². The third-order valence-corrected chi connectivity index (χ3v) is 5.07. The van der Waals surface area contributed by atoms with Crippen LogP contribution in [0.4, 0.5) is 5.69 Å². The van der Waals surface area contributed by atoms with Gasteiger partial charge in [-0.15, -0.1) is 0 Å². The first kappa shape index (κ1) is 18.2. The molecule has 1 fully saturated rings. The smallest absolute Gasteiger partial charge is 0.274 e. The second-order valence-corrected chi connectivity index (χ2v) is 6.97. The first-order valence-electron chi connectivity index (χ1n) is 9.42. The van der Waals surface area contributed by atoms with Gasteiger partial charge in [0.25, 0.3) is 5.91 Å². The molecule has 2 aromatic heterocycles. The van der Waals surface area contributed by atoms with Gasteiger partial charge in [-0.2, -0.15) is 0 Å². The summed E-state index contributed by atoms with van der Waals surface area (Å²) in [5.74, 6) is 0.718. The van der Waals surface area contributed by atoms with Crippen LogP contribution in [-0.2, 0) is 0 Å². The fourth-order valence-corrected chi connectivity index (χ4v) is 3.65. The maximum Gasteiger partial charge on any atom is 0.274 e. The Labute approximate surface area is 163 Å². The van der Waals surface area contributed by atoms with Crippen LogP contribution >= 0.6 is 0 Å². The molecule has 1 aromatic carbocycles. The summed E-state index contributed by atoms with van der Waals surface area (Å²) in [4.78, 5) is 27.1. The highest BCUT2D eigenvalue weighted by Gasteiger charge is 2.25. The Hall–Kier alpha value is -3.22. The van der Waals surface area contributed by atoms with Crippen molar-refractivity contribution in [3.8, 4) is 5.75 Å². The van der Waals surface area contributed by atoms with Gasteiger partial charge < -0.3 is 15.0 Å². The number of piperidine rings is 1. The second-order valence-electron chi connectivity index (χ2n) is 6.97. The summed E-state index contributed by atoms with van der Waals surface area (Å²) < 4.78 is 5.46. The van der Waals surface area contributed by atoms with E-state index in [9.17, 15) is 4.79 Å². The van der Waals surface area contributed by atoms with Crippen molar-refractivity contribution in [1.82, 2.24) is 19.9 Å². The average molecular weight is 377 g/mol. The number of methoxy groups -OCH3 is 1. The van der Waals surface area contributed by atoms with Crippen molar-refractivity contribution in [3.63, 3.8) is 0 Å². The topological polar surface area (TPSA) is 80.2 Å². The van der Waals surface area contributed by atoms with Gasteiger partial charge >= 0.3 is 0 Å². The SMILES string of the molecule is COc1cccc2c(NC3CCN(C(=O)c4cnccn4)CC3)cc(C)nc12. The van der Waals surface area contributed by atoms with Crippen molar-refractivity contribution in [1.29, 1.82) is 0 Å². The van der Waals surface area contributed by atoms with E-state index >= 15 is 0 Å². The molecule has 0 radical (unpaired) electrons. The van der Waals surface area contributed by atoms with E-state index in [0.29, 0.717) is 24.8 Å². The zero-order chi connectivity index (χ0) is 19.5. The molecule has 0 spiro atoms. The predicted octanol–water partition coefficient (Wildman–Crippen LogP) is 3.06. The number of hydrogen-bond acceptors (Lipinski definition) is 6. The van der Waals surface area contributed by atoms with E-state index in [-0.39, 0.29) is 5.91 Å². The number of carbonyl (C=O) groups excluding carboxylic acids is 1. The molecular formula is C21H23N5O2. The highest BCUT2D eigenvalue weighted by atomic mass is 16.5. The molecule has 3 heterocycles. The van der Waals surface area contributed by atoms with Crippen LogP contribution in [0.2, 0.25) is 0 Å². The van der Waals surface area contributed by atoms with Crippen LogP contribution in [-0.4, -0.2) is 52.0 Å². The normalized spacial score (nSPS) is 14.9. The third-order valence-electron chi connectivity index (χ3n) is 5.07. The lowest BCUT2D eigenvalue weighted by molar-refractivity contribution is 0.0712. The predicted molar refractivity (Wildman–Crippen MR) is 108 cm³/mol. The van der Waals surface area contributed by atoms with Gasteiger partial charge in [-0.05, 0) is 31.9 Å². The van der Waals surface area contributed by atoms with Gasteiger partial charge in [-0.1, -0.05) is 12.1 Å². The molecule has 7 nitrogen and oxygen atoms in total. The zero-order valence-electron chi connectivity index (χ0n) is 16.1. The maximum atomic E-state index is 12.5. The van der Waals surface area contributed by atoms with E-state index in [2.05, 4.69) is 32.4 Å². The van der Waals surface area contributed by atoms with Crippen LogP contribution in [0.5, 0.6) is 5.75 Å². The summed E-state index contributed by atoms with van der Waals surface area (Å²) in [5.41, 5.74) is 3.26. The minimum absolute atomic E-state index is 0.0542. The van der Waals surface area contributed by atoms with E-state index in [0.717, 1.165) is 40.9 Å². The van der Waals surface area contributed by atoms with Crippen LogP contribution in [0.3, 0.4) is 0 Å². The summed E-state index contributed by atoms with van der Waals surface area (Å²) in [6, 6.07) is 8.32. The molecule has 144 valence electrons. The second kappa shape index (κ2) is 7.80. The quantitative estimate of drug-likeness (QED) is 0.753.